The molecule has 158 valence electrons. The van der Waals surface area contributed by atoms with Gasteiger partial charge in [0.25, 0.3) is 5.91 Å². The van der Waals surface area contributed by atoms with E-state index in [1.165, 1.54) is 4.90 Å². The van der Waals surface area contributed by atoms with Crippen LogP contribution in [0.3, 0.4) is 0 Å². The number of nitrogens with zero attached hydrogens (tertiary/aromatic N) is 2. The van der Waals surface area contributed by atoms with E-state index in [1.807, 2.05) is 12.1 Å². The molecule has 0 spiro atoms. The van der Waals surface area contributed by atoms with Gasteiger partial charge in [-0.2, -0.15) is 0 Å². The van der Waals surface area contributed by atoms with Crippen molar-refractivity contribution in [1.82, 2.24) is 9.88 Å². The number of rotatable bonds is 4. The van der Waals surface area contributed by atoms with Gasteiger partial charge in [-0.05, 0) is 51.9 Å². The molecule has 0 bridgehead atoms. The normalized spacial score (nSPS) is 16.8. The molecule has 2 amide bonds. The molecule has 3 rings (SSSR count). The van der Waals surface area contributed by atoms with Gasteiger partial charge in [-0.3, -0.25) is 14.4 Å². The lowest BCUT2D eigenvalue weighted by molar-refractivity contribution is -0.130. The number of ketones is 1. The maximum absolute atomic E-state index is 12.8. The van der Waals surface area contributed by atoms with Crippen LogP contribution in [0.4, 0.5) is 5.82 Å². The average molecular weight is 472 g/mol. The summed E-state index contributed by atoms with van der Waals surface area (Å²) < 4.78 is 0.823. The lowest BCUT2D eigenvalue weighted by Gasteiger charge is -2.31. The molecule has 1 aromatic heterocycles. The van der Waals surface area contributed by atoms with E-state index in [1.54, 1.807) is 30.5 Å². The largest absolute Gasteiger partial charge is 0.335 e. The Morgan fingerprint density at radius 2 is 1.80 bits per heavy atom. The summed E-state index contributed by atoms with van der Waals surface area (Å²) in [5, 5.41) is 2.79. The summed E-state index contributed by atoms with van der Waals surface area (Å²) in [7, 11) is 0. The Kier molecular flexibility index (Phi) is 6.71. The van der Waals surface area contributed by atoms with Gasteiger partial charge in [0.15, 0.2) is 0 Å². The number of aromatic nitrogens is 1. The van der Waals surface area contributed by atoms with Crippen LogP contribution in [0.15, 0.2) is 47.1 Å². The van der Waals surface area contributed by atoms with Gasteiger partial charge in [-0.15, -0.1) is 0 Å². The second-order valence-electron chi connectivity index (χ2n) is 8.60. The molecule has 1 aliphatic rings. The van der Waals surface area contributed by atoms with Crippen LogP contribution >= 0.6 is 15.9 Å². The maximum atomic E-state index is 12.8. The number of amides is 2. The average Bonchev–Trinajstić information content (AvgIpc) is 2.74. The van der Waals surface area contributed by atoms with Crippen LogP contribution in [0.1, 0.15) is 49.5 Å². The molecule has 0 aliphatic carbocycles. The number of pyridine rings is 1. The SMILES string of the molecule is CC(C)(C)c1ccc(C(=O)C(=O)N2CCCC(C(=O)Nc3ccc(Br)cn3)C2)cc1. The Hall–Kier alpha value is -2.54. The van der Waals surface area contributed by atoms with Gasteiger partial charge >= 0.3 is 0 Å². The van der Waals surface area contributed by atoms with E-state index in [9.17, 15) is 14.4 Å². The standard InChI is InChI=1S/C23H26BrN3O3/c1-23(2,3)17-8-6-15(7-9-17)20(28)22(30)27-12-4-5-16(14-27)21(29)26-19-11-10-18(24)13-25-19/h6-11,13,16H,4-5,12,14H2,1-3H3,(H,25,26,29). The first-order valence-electron chi connectivity index (χ1n) is 10.0. The predicted molar refractivity (Wildman–Crippen MR) is 119 cm³/mol. The van der Waals surface area contributed by atoms with E-state index < -0.39 is 11.7 Å². The number of nitrogens with one attached hydrogen (secondary N) is 1. The highest BCUT2D eigenvalue weighted by atomic mass is 79.9. The fourth-order valence-corrected chi connectivity index (χ4v) is 3.68. The number of anilines is 1. The molecule has 7 heteroatoms. The second-order valence-corrected chi connectivity index (χ2v) is 9.51. The monoisotopic (exact) mass is 471 g/mol. The first-order valence-corrected chi connectivity index (χ1v) is 10.8. The molecule has 2 aromatic rings. The molecule has 6 nitrogen and oxygen atoms in total. The van der Waals surface area contributed by atoms with Crippen LogP contribution in [0.5, 0.6) is 0 Å². The number of carbonyl (C=O) groups excluding carboxylic acids is 3. The van der Waals surface area contributed by atoms with E-state index in [-0.39, 0.29) is 23.8 Å². The summed E-state index contributed by atoms with van der Waals surface area (Å²) in [6.45, 7) is 6.99. The van der Waals surface area contributed by atoms with Gasteiger partial charge in [0.05, 0.1) is 5.92 Å². The molecular formula is C23H26BrN3O3. The van der Waals surface area contributed by atoms with Gasteiger partial charge in [0, 0.05) is 29.3 Å². The van der Waals surface area contributed by atoms with E-state index in [2.05, 4.69) is 47.0 Å². The predicted octanol–water partition coefficient (Wildman–Crippen LogP) is 4.20. The quantitative estimate of drug-likeness (QED) is 0.535. The van der Waals surface area contributed by atoms with Crippen LogP contribution in [0, 0.1) is 5.92 Å². The highest BCUT2D eigenvalue weighted by Gasteiger charge is 2.32. The molecule has 1 unspecified atom stereocenters. The van der Waals surface area contributed by atoms with E-state index in [4.69, 9.17) is 0 Å². The van der Waals surface area contributed by atoms with Crippen molar-refractivity contribution in [2.45, 2.75) is 39.0 Å². The highest BCUT2D eigenvalue weighted by molar-refractivity contribution is 9.10. The zero-order chi connectivity index (χ0) is 21.9. The molecule has 1 saturated heterocycles. The lowest BCUT2D eigenvalue weighted by atomic mass is 9.86. The van der Waals surface area contributed by atoms with Crippen molar-refractivity contribution in [2.75, 3.05) is 18.4 Å². The Bertz CT molecular complexity index is 934. The summed E-state index contributed by atoms with van der Waals surface area (Å²) in [6.07, 6.45) is 2.95. The summed E-state index contributed by atoms with van der Waals surface area (Å²) in [6, 6.07) is 10.7. The minimum absolute atomic E-state index is 0.0251. The number of Topliss-reactive ketones (excluding diaryl/α,β-unsaturated/α-hetero) is 1. The van der Waals surface area contributed by atoms with Crippen molar-refractivity contribution in [3.05, 3.63) is 58.2 Å². The van der Waals surface area contributed by atoms with Crippen LogP contribution < -0.4 is 5.32 Å². The van der Waals surface area contributed by atoms with Crippen molar-refractivity contribution in [3.8, 4) is 0 Å². The summed E-state index contributed by atoms with van der Waals surface area (Å²) in [5.74, 6) is -1.20. The molecule has 0 radical (unpaired) electrons. The Morgan fingerprint density at radius 1 is 1.10 bits per heavy atom. The molecule has 1 aromatic carbocycles. The number of benzene rings is 1. The Labute approximate surface area is 185 Å². The van der Waals surface area contributed by atoms with Crippen LogP contribution in [-0.4, -0.2) is 40.6 Å². The van der Waals surface area contributed by atoms with E-state index in [0.717, 1.165) is 10.0 Å². The van der Waals surface area contributed by atoms with E-state index >= 15 is 0 Å². The summed E-state index contributed by atoms with van der Waals surface area (Å²) in [5.41, 5.74) is 1.45. The molecule has 2 heterocycles. The third-order valence-corrected chi connectivity index (χ3v) is 5.73. The molecule has 1 N–H and O–H groups in total. The van der Waals surface area contributed by atoms with E-state index in [0.29, 0.717) is 30.8 Å². The third-order valence-electron chi connectivity index (χ3n) is 5.27. The van der Waals surface area contributed by atoms with Crippen molar-refractivity contribution < 1.29 is 14.4 Å². The van der Waals surface area contributed by atoms with Crippen LogP contribution in [-0.2, 0) is 15.0 Å². The second kappa shape index (κ2) is 9.08. The first kappa shape index (κ1) is 22.2. The minimum Gasteiger partial charge on any atom is -0.335 e. The zero-order valence-corrected chi connectivity index (χ0v) is 19.0. The lowest BCUT2D eigenvalue weighted by Crippen LogP contribution is -2.46. The maximum Gasteiger partial charge on any atom is 0.294 e. The van der Waals surface area contributed by atoms with Crippen molar-refractivity contribution in [2.24, 2.45) is 5.92 Å². The number of carbonyl (C=O) groups is 3. The van der Waals surface area contributed by atoms with Crippen LogP contribution in [0.2, 0.25) is 0 Å². The van der Waals surface area contributed by atoms with Crippen molar-refractivity contribution in [3.63, 3.8) is 0 Å². The molecule has 1 atom stereocenters. The molecule has 1 aliphatic heterocycles. The zero-order valence-electron chi connectivity index (χ0n) is 17.4. The van der Waals surface area contributed by atoms with Crippen molar-refractivity contribution >= 4 is 39.3 Å². The van der Waals surface area contributed by atoms with Gasteiger partial charge < -0.3 is 10.2 Å². The number of piperidine rings is 1. The molecule has 30 heavy (non-hydrogen) atoms. The van der Waals surface area contributed by atoms with Gasteiger partial charge in [0.2, 0.25) is 11.7 Å². The number of hydrogen-bond acceptors (Lipinski definition) is 4. The van der Waals surface area contributed by atoms with Gasteiger partial charge in [-0.25, -0.2) is 4.98 Å². The fourth-order valence-electron chi connectivity index (χ4n) is 3.44. The summed E-state index contributed by atoms with van der Waals surface area (Å²) >= 11 is 3.31. The van der Waals surface area contributed by atoms with Gasteiger partial charge in [0.1, 0.15) is 5.82 Å². The Morgan fingerprint density at radius 3 is 2.40 bits per heavy atom. The smallest absolute Gasteiger partial charge is 0.294 e. The molecule has 1 fully saturated rings. The Balaban J connectivity index is 1.63. The van der Waals surface area contributed by atoms with Crippen molar-refractivity contribution in [1.29, 1.82) is 0 Å². The minimum atomic E-state index is -0.558. The number of halogens is 1. The summed E-state index contributed by atoms with van der Waals surface area (Å²) in [4.78, 5) is 43.7. The van der Waals surface area contributed by atoms with Gasteiger partial charge in [-0.1, -0.05) is 45.0 Å². The highest BCUT2D eigenvalue weighted by Crippen LogP contribution is 2.23. The number of likely N-dealkylation sites (tertiary alicyclic amines) is 1. The van der Waals surface area contributed by atoms with Crippen LogP contribution in [0.25, 0.3) is 0 Å². The molecular weight excluding hydrogens is 446 g/mol. The third kappa shape index (κ3) is 5.33. The first-order chi connectivity index (χ1) is 14.1. The fraction of sp³-hybridized carbons (Fsp3) is 0.391. The topological polar surface area (TPSA) is 79.4 Å². The molecule has 0 saturated carbocycles. The number of hydrogen-bond donors (Lipinski definition) is 1.